The van der Waals surface area contributed by atoms with Gasteiger partial charge in [0.15, 0.2) is 0 Å². The molecular weight excluding hydrogens is 338 g/mol. The lowest BCUT2D eigenvalue weighted by Gasteiger charge is -2.36. The molecule has 2 aromatic rings. The van der Waals surface area contributed by atoms with E-state index in [1.807, 2.05) is 47.4 Å². The minimum absolute atomic E-state index is 0.0374. The number of nitrogens with zero attached hydrogens (tertiary/aromatic N) is 2. The van der Waals surface area contributed by atoms with Crippen LogP contribution in [0.1, 0.15) is 18.4 Å². The number of hydrogen-bond acceptors (Lipinski definition) is 3. The fourth-order valence-corrected chi connectivity index (χ4v) is 3.96. The summed E-state index contributed by atoms with van der Waals surface area (Å²) < 4.78 is 0. The van der Waals surface area contributed by atoms with E-state index < -0.39 is 0 Å². The highest BCUT2D eigenvalue weighted by molar-refractivity contribution is 5.96. The second-order valence-corrected chi connectivity index (χ2v) is 7.29. The average Bonchev–Trinajstić information content (AvgIpc) is 2.73. The van der Waals surface area contributed by atoms with Crippen LogP contribution in [-0.4, -0.2) is 42.9 Å². The van der Waals surface area contributed by atoms with Crippen LogP contribution < -0.4 is 10.2 Å². The first kappa shape index (κ1) is 17.6. The van der Waals surface area contributed by atoms with Crippen LogP contribution in [0.3, 0.4) is 0 Å². The van der Waals surface area contributed by atoms with E-state index in [0.29, 0.717) is 12.8 Å². The maximum Gasteiger partial charge on any atom is 0.227 e. The number of carbonyl (C=O) groups excluding carboxylic acids is 2. The lowest BCUT2D eigenvalue weighted by Crippen LogP contribution is -2.49. The van der Waals surface area contributed by atoms with Crippen molar-refractivity contribution in [2.75, 3.05) is 36.4 Å². The molecule has 0 bridgehead atoms. The second kappa shape index (κ2) is 7.82. The smallest absolute Gasteiger partial charge is 0.227 e. The molecule has 2 aliphatic heterocycles. The molecule has 2 heterocycles. The number of benzene rings is 2. The summed E-state index contributed by atoms with van der Waals surface area (Å²) in [6.45, 7) is 3.20. The fraction of sp³-hybridized carbons (Fsp3) is 0.364. The number of rotatable bonds is 4. The summed E-state index contributed by atoms with van der Waals surface area (Å²) >= 11 is 0. The Morgan fingerprint density at radius 1 is 0.963 bits per heavy atom. The van der Waals surface area contributed by atoms with Crippen molar-refractivity contribution in [3.05, 3.63) is 60.2 Å². The largest absolute Gasteiger partial charge is 0.368 e. The van der Waals surface area contributed by atoms with Crippen LogP contribution in [0.4, 0.5) is 11.4 Å². The van der Waals surface area contributed by atoms with Crippen LogP contribution in [0.25, 0.3) is 0 Å². The van der Waals surface area contributed by atoms with Crippen molar-refractivity contribution in [3.63, 3.8) is 0 Å². The minimum atomic E-state index is -0.116. The van der Waals surface area contributed by atoms with Gasteiger partial charge in [0.2, 0.25) is 11.8 Å². The summed E-state index contributed by atoms with van der Waals surface area (Å²) in [5.41, 5.74) is 3.27. The van der Waals surface area contributed by atoms with Gasteiger partial charge in [0, 0.05) is 49.9 Å². The standard InChI is InChI=1S/C22H25N3O2/c26-21(25-14-12-24(13-15-25)19-7-2-1-3-8-19)11-10-18-16-17-6-4-5-9-20(17)23-22(18)27/h1-9,18H,10-16H2,(H,23,27). The van der Waals surface area contributed by atoms with E-state index in [-0.39, 0.29) is 17.7 Å². The molecule has 0 aliphatic carbocycles. The van der Waals surface area contributed by atoms with Crippen LogP contribution in [0.5, 0.6) is 0 Å². The van der Waals surface area contributed by atoms with Gasteiger partial charge in [-0.3, -0.25) is 9.59 Å². The van der Waals surface area contributed by atoms with Crippen molar-refractivity contribution in [1.82, 2.24) is 4.90 Å². The molecule has 2 aliphatic rings. The molecule has 2 aromatic carbocycles. The molecule has 4 rings (SSSR count). The van der Waals surface area contributed by atoms with Gasteiger partial charge in [-0.15, -0.1) is 0 Å². The first-order valence-electron chi connectivity index (χ1n) is 9.67. The Kier molecular flexibility index (Phi) is 5.10. The Bertz CT molecular complexity index is 813. The molecule has 140 valence electrons. The molecule has 5 heteroatoms. The zero-order valence-electron chi connectivity index (χ0n) is 15.4. The Balaban J connectivity index is 1.27. The van der Waals surface area contributed by atoms with E-state index in [2.05, 4.69) is 22.3 Å². The van der Waals surface area contributed by atoms with Crippen molar-refractivity contribution < 1.29 is 9.59 Å². The summed E-state index contributed by atoms with van der Waals surface area (Å²) in [5, 5.41) is 2.97. The number of piperazine rings is 1. The molecule has 27 heavy (non-hydrogen) atoms. The molecule has 1 N–H and O–H groups in total. The molecular formula is C22H25N3O2. The van der Waals surface area contributed by atoms with Gasteiger partial charge < -0.3 is 15.1 Å². The van der Waals surface area contributed by atoms with Crippen LogP contribution in [0.2, 0.25) is 0 Å². The van der Waals surface area contributed by atoms with Crippen LogP contribution in [-0.2, 0) is 16.0 Å². The number of fused-ring (bicyclic) bond motifs is 1. The van der Waals surface area contributed by atoms with Gasteiger partial charge in [0.05, 0.1) is 0 Å². The van der Waals surface area contributed by atoms with E-state index in [1.165, 1.54) is 5.69 Å². The Hall–Kier alpha value is -2.82. The van der Waals surface area contributed by atoms with Gasteiger partial charge >= 0.3 is 0 Å². The van der Waals surface area contributed by atoms with Gasteiger partial charge in [-0.2, -0.15) is 0 Å². The van der Waals surface area contributed by atoms with E-state index >= 15 is 0 Å². The Labute approximate surface area is 160 Å². The number of amides is 2. The third-order valence-electron chi connectivity index (χ3n) is 5.57. The number of para-hydroxylation sites is 2. The fourth-order valence-electron chi connectivity index (χ4n) is 3.96. The lowest BCUT2D eigenvalue weighted by atomic mass is 9.89. The van der Waals surface area contributed by atoms with Crippen molar-refractivity contribution in [2.24, 2.45) is 5.92 Å². The summed E-state index contributed by atoms with van der Waals surface area (Å²) in [6, 6.07) is 18.2. The zero-order chi connectivity index (χ0) is 18.6. The molecule has 0 aromatic heterocycles. The predicted molar refractivity (Wildman–Crippen MR) is 107 cm³/mol. The van der Waals surface area contributed by atoms with Crippen LogP contribution in [0, 0.1) is 5.92 Å². The number of hydrogen-bond donors (Lipinski definition) is 1. The quantitative estimate of drug-likeness (QED) is 0.909. The molecule has 5 nitrogen and oxygen atoms in total. The minimum Gasteiger partial charge on any atom is -0.368 e. The van der Waals surface area contributed by atoms with E-state index in [1.54, 1.807) is 0 Å². The maximum atomic E-state index is 12.6. The monoisotopic (exact) mass is 363 g/mol. The summed E-state index contributed by atoms with van der Waals surface area (Å²) in [6.07, 6.45) is 1.76. The lowest BCUT2D eigenvalue weighted by molar-refractivity contribution is -0.132. The van der Waals surface area contributed by atoms with Crippen molar-refractivity contribution >= 4 is 23.2 Å². The highest BCUT2D eigenvalue weighted by Gasteiger charge is 2.28. The van der Waals surface area contributed by atoms with Crippen molar-refractivity contribution in [3.8, 4) is 0 Å². The number of anilines is 2. The van der Waals surface area contributed by atoms with Gasteiger partial charge in [0.1, 0.15) is 0 Å². The predicted octanol–water partition coefficient (Wildman–Crippen LogP) is 2.93. The normalized spacial score (nSPS) is 19.4. The first-order chi connectivity index (χ1) is 13.2. The van der Waals surface area contributed by atoms with Crippen LogP contribution in [0.15, 0.2) is 54.6 Å². The zero-order valence-corrected chi connectivity index (χ0v) is 15.4. The molecule has 1 unspecified atom stereocenters. The van der Waals surface area contributed by atoms with Gasteiger partial charge in [0.25, 0.3) is 0 Å². The number of carbonyl (C=O) groups is 2. The van der Waals surface area contributed by atoms with Crippen LogP contribution >= 0.6 is 0 Å². The average molecular weight is 363 g/mol. The SMILES string of the molecule is O=C1Nc2ccccc2CC1CCC(=O)N1CCN(c2ccccc2)CC1. The summed E-state index contributed by atoms with van der Waals surface area (Å²) in [7, 11) is 0. The molecule has 0 saturated carbocycles. The van der Waals surface area contributed by atoms with Crippen molar-refractivity contribution in [2.45, 2.75) is 19.3 Å². The van der Waals surface area contributed by atoms with E-state index in [4.69, 9.17) is 0 Å². The Morgan fingerprint density at radius 3 is 2.44 bits per heavy atom. The van der Waals surface area contributed by atoms with Gasteiger partial charge in [-0.25, -0.2) is 0 Å². The van der Waals surface area contributed by atoms with Gasteiger partial charge in [-0.1, -0.05) is 36.4 Å². The molecule has 1 saturated heterocycles. The highest BCUT2D eigenvalue weighted by atomic mass is 16.2. The summed E-state index contributed by atoms with van der Waals surface area (Å²) in [5.74, 6) is 0.0826. The topological polar surface area (TPSA) is 52.7 Å². The second-order valence-electron chi connectivity index (χ2n) is 7.29. The molecule has 0 spiro atoms. The molecule has 0 radical (unpaired) electrons. The maximum absolute atomic E-state index is 12.6. The molecule has 1 fully saturated rings. The molecule has 1 atom stereocenters. The number of nitrogens with one attached hydrogen (secondary N) is 1. The molecule has 2 amide bonds. The van der Waals surface area contributed by atoms with E-state index in [0.717, 1.165) is 43.9 Å². The first-order valence-corrected chi connectivity index (χ1v) is 9.67. The third-order valence-corrected chi connectivity index (χ3v) is 5.57. The Morgan fingerprint density at radius 2 is 1.67 bits per heavy atom. The highest BCUT2D eigenvalue weighted by Crippen LogP contribution is 2.27. The third kappa shape index (κ3) is 3.97. The van der Waals surface area contributed by atoms with Crippen molar-refractivity contribution in [1.29, 1.82) is 0 Å². The van der Waals surface area contributed by atoms with Gasteiger partial charge in [-0.05, 0) is 36.6 Å². The summed E-state index contributed by atoms with van der Waals surface area (Å²) in [4.78, 5) is 29.2. The van der Waals surface area contributed by atoms with E-state index in [9.17, 15) is 9.59 Å².